The third-order valence-electron chi connectivity index (χ3n) is 3.88. The van der Waals surface area contributed by atoms with Gasteiger partial charge in [-0.1, -0.05) is 0 Å². The molecule has 0 aromatic heterocycles. The Bertz CT molecular complexity index is 378. The second-order valence-electron chi connectivity index (χ2n) is 5.35. The molecule has 1 unspecified atom stereocenters. The van der Waals surface area contributed by atoms with Crippen LogP contribution in [0.3, 0.4) is 0 Å². The van der Waals surface area contributed by atoms with Crippen LogP contribution in [0.4, 0.5) is 0 Å². The lowest BCUT2D eigenvalue weighted by atomic mass is 9.95. The molecule has 0 amide bonds. The van der Waals surface area contributed by atoms with Crippen LogP contribution >= 0.6 is 0 Å². The quantitative estimate of drug-likeness (QED) is 0.830. The summed E-state index contributed by atoms with van der Waals surface area (Å²) in [5, 5.41) is 9.02. The van der Waals surface area contributed by atoms with E-state index in [0.717, 1.165) is 37.6 Å². The summed E-state index contributed by atoms with van der Waals surface area (Å²) in [4.78, 5) is 2.44. The first-order valence-electron chi connectivity index (χ1n) is 7.42. The van der Waals surface area contributed by atoms with E-state index < -0.39 is 0 Å². The molecule has 0 aliphatic carbocycles. The summed E-state index contributed by atoms with van der Waals surface area (Å²) in [6, 6.07) is 7.69. The summed E-state index contributed by atoms with van der Waals surface area (Å²) in [7, 11) is 1.66. The van der Waals surface area contributed by atoms with Crippen molar-refractivity contribution in [3.63, 3.8) is 0 Å². The highest BCUT2D eigenvalue weighted by atomic mass is 16.5. The molecule has 0 saturated carbocycles. The van der Waals surface area contributed by atoms with Crippen molar-refractivity contribution >= 4 is 0 Å². The molecule has 0 bridgehead atoms. The fraction of sp³-hybridized carbons (Fsp3) is 0.625. The predicted octanol–water partition coefficient (Wildman–Crippen LogP) is 2.17. The lowest BCUT2D eigenvalue weighted by Crippen LogP contribution is -2.38. The number of hydrogen-bond donors (Lipinski definition) is 1. The zero-order valence-corrected chi connectivity index (χ0v) is 12.3. The highest BCUT2D eigenvalue weighted by molar-refractivity contribution is 5.31. The largest absolute Gasteiger partial charge is 0.497 e. The summed E-state index contributed by atoms with van der Waals surface area (Å²) in [5.74, 6) is 2.38. The average Bonchev–Trinajstić information content (AvgIpc) is 2.49. The molecule has 0 radical (unpaired) electrons. The molecule has 1 fully saturated rings. The van der Waals surface area contributed by atoms with Crippen LogP contribution < -0.4 is 9.47 Å². The van der Waals surface area contributed by atoms with Crippen LogP contribution in [-0.4, -0.2) is 50.0 Å². The molecular weight excluding hydrogens is 254 g/mol. The number of likely N-dealkylation sites (tertiary alicyclic amines) is 1. The fourth-order valence-electron chi connectivity index (χ4n) is 2.74. The first-order chi connectivity index (χ1) is 9.81. The number of rotatable bonds is 7. The number of aliphatic hydroxyl groups excluding tert-OH is 1. The summed E-state index contributed by atoms with van der Waals surface area (Å²) in [6.07, 6.45) is 3.40. The summed E-state index contributed by atoms with van der Waals surface area (Å²) < 4.78 is 10.9. The van der Waals surface area contributed by atoms with Crippen LogP contribution in [0.2, 0.25) is 0 Å². The Labute approximate surface area is 121 Å². The number of aliphatic hydroxyl groups is 1. The first-order valence-corrected chi connectivity index (χ1v) is 7.42. The zero-order valence-electron chi connectivity index (χ0n) is 12.3. The molecule has 112 valence electrons. The SMILES string of the molecule is COc1ccc(OCCN2CCCC(CCO)C2)cc1. The molecule has 1 saturated heterocycles. The van der Waals surface area contributed by atoms with Gasteiger partial charge in [0.05, 0.1) is 7.11 Å². The van der Waals surface area contributed by atoms with E-state index in [2.05, 4.69) is 4.90 Å². The van der Waals surface area contributed by atoms with Crippen molar-refractivity contribution in [3.05, 3.63) is 24.3 Å². The van der Waals surface area contributed by atoms with E-state index in [0.29, 0.717) is 19.1 Å². The van der Waals surface area contributed by atoms with Gasteiger partial charge >= 0.3 is 0 Å². The van der Waals surface area contributed by atoms with Gasteiger partial charge in [-0.3, -0.25) is 4.90 Å². The number of ether oxygens (including phenoxy) is 2. The van der Waals surface area contributed by atoms with E-state index in [1.807, 2.05) is 24.3 Å². The van der Waals surface area contributed by atoms with Gasteiger partial charge in [0.2, 0.25) is 0 Å². The van der Waals surface area contributed by atoms with Crippen molar-refractivity contribution in [3.8, 4) is 11.5 Å². The zero-order chi connectivity index (χ0) is 14.2. The van der Waals surface area contributed by atoms with E-state index in [1.165, 1.54) is 12.8 Å². The number of nitrogens with zero attached hydrogens (tertiary/aromatic N) is 1. The Morgan fingerprint density at radius 1 is 1.25 bits per heavy atom. The topological polar surface area (TPSA) is 41.9 Å². The molecule has 1 aliphatic rings. The summed E-state index contributed by atoms with van der Waals surface area (Å²) in [6.45, 7) is 4.20. The maximum Gasteiger partial charge on any atom is 0.119 e. The second-order valence-corrected chi connectivity index (χ2v) is 5.35. The number of hydrogen-bond acceptors (Lipinski definition) is 4. The Morgan fingerprint density at radius 2 is 2.00 bits per heavy atom. The maximum absolute atomic E-state index is 9.02. The predicted molar refractivity (Wildman–Crippen MR) is 79.4 cm³/mol. The first kappa shape index (κ1) is 15.1. The maximum atomic E-state index is 9.02. The highest BCUT2D eigenvalue weighted by Gasteiger charge is 2.18. The minimum absolute atomic E-state index is 0.306. The minimum atomic E-state index is 0.306. The van der Waals surface area contributed by atoms with Crippen LogP contribution in [-0.2, 0) is 0 Å². The standard InChI is InChI=1S/C16H25NO3/c1-19-15-4-6-16(7-5-15)20-12-10-17-9-2-3-14(13-17)8-11-18/h4-7,14,18H,2-3,8-13H2,1H3. The van der Waals surface area contributed by atoms with Crippen molar-refractivity contribution < 1.29 is 14.6 Å². The molecule has 1 atom stereocenters. The molecule has 2 rings (SSSR count). The monoisotopic (exact) mass is 279 g/mol. The van der Waals surface area contributed by atoms with Gasteiger partial charge in [-0.15, -0.1) is 0 Å². The van der Waals surface area contributed by atoms with Crippen molar-refractivity contribution in [2.75, 3.05) is 40.0 Å². The molecule has 1 N–H and O–H groups in total. The molecule has 1 aliphatic heterocycles. The molecule has 1 aromatic carbocycles. The van der Waals surface area contributed by atoms with Crippen LogP contribution in [0.25, 0.3) is 0 Å². The normalized spacial score (nSPS) is 19.8. The van der Waals surface area contributed by atoms with Gasteiger partial charge in [0.1, 0.15) is 18.1 Å². The molecule has 0 spiro atoms. The van der Waals surface area contributed by atoms with E-state index in [4.69, 9.17) is 14.6 Å². The van der Waals surface area contributed by atoms with E-state index in [9.17, 15) is 0 Å². The second kappa shape index (κ2) is 8.12. The van der Waals surface area contributed by atoms with E-state index in [-0.39, 0.29) is 0 Å². The lowest BCUT2D eigenvalue weighted by molar-refractivity contribution is 0.129. The summed E-state index contributed by atoms with van der Waals surface area (Å²) >= 11 is 0. The van der Waals surface area contributed by atoms with Crippen LogP contribution in [0, 0.1) is 5.92 Å². The Hall–Kier alpha value is -1.26. The number of benzene rings is 1. The molecule has 20 heavy (non-hydrogen) atoms. The van der Waals surface area contributed by atoms with Gasteiger partial charge < -0.3 is 14.6 Å². The average molecular weight is 279 g/mol. The van der Waals surface area contributed by atoms with Gasteiger partial charge in [0, 0.05) is 19.7 Å². The Kier molecular flexibility index (Phi) is 6.15. The molecule has 4 heteroatoms. The van der Waals surface area contributed by atoms with Crippen molar-refractivity contribution in [1.29, 1.82) is 0 Å². The van der Waals surface area contributed by atoms with Gasteiger partial charge in [-0.2, -0.15) is 0 Å². The van der Waals surface area contributed by atoms with Gasteiger partial charge in [-0.25, -0.2) is 0 Å². The van der Waals surface area contributed by atoms with Crippen LogP contribution in [0.5, 0.6) is 11.5 Å². The minimum Gasteiger partial charge on any atom is -0.497 e. The van der Waals surface area contributed by atoms with Gasteiger partial charge in [-0.05, 0) is 56.0 Å². The van der Waals surface area contributed by atoms with Crippen molar-refractivity contribution in [1.82, 2.24) is 4.90 Å². The van der Waals surface area contributed by atoms with Crippen molar-refractivity contribution in [2.45, 2.75) is 19.3 Å². The molecule has 1 heterocycles. The lowest BCUT2D eigenvalue weighted by Gasteiger charge is -2.32. The van der Waals surface area contributed by atoms with Crippen LogP contribution in [0.1, 0.15) is 19.3 Å². The number of piperidine rings is 1. The van der Waals surface area contributed by atoms with Crippen molar-refractivity contribution in [2.24, 2.45) is 5.92 Å². The van der Waals surface area contributed by atoms with Gasteiger partial charge in [0.25, 0.3) is 0 Å². The fourth-order valence-corrected chi connectivity index (χ4v) is 2.74. The van der Waals surface area contributed by atoms with Gasteiger partial charge in [0.15, 0.2) is 0 Å². The smallest absolute Gasteiger partial charge is 0.119 e. The Balaban J connectivity index is 1.69. The van der Waals surface area contributed by atoms with E-state index >= 15 is 0 Å². The molecular formula is C16H25NO3. The Morgan fingerprint density at radius 3 is 2.70 bits per heavy atom. The molecule has 1 aromatic rings. The highest BCUT2D eigenvalue weighted by Crippen LogP contribution is 2.20. The van der Waals surface area contributed by atoms with E-state index in [1.54, 1.807) is 7.11 Å². The summed E-state index contributed by atoms with van der Waals surface area (Å²) in [5.41, 5.74) is 0. The third kappa shape index (κ3) is 4.69. The number of methoxy groups -OCH3 is 1. The third-order valence-corrected chi connectivity index (χ3v) is 3.88. The van der Waals surface area contributed by atoms with Crippen LogP contribution in [0.15, 0.2) is 24.3 Å². The molecule has 4 nitrogen and oxygen atoms in total.